The van der Waals surface area contributed by atoms with E-state index >= 15 is 0 Å². The van der Waals surface area contributed by atoms with E-state index in [1.54, 1.807) is 6.20 Å². The molecule has 0 spiro atoms. The molecule has 0 fully saturated rings. The van der Waals surface area contributed by atoms with E-state index in [4.69, 9.17) is 19.9 Å². The van der Waals surface area contributed by atoms with Crippen LogP contribution in [0.4, 0.5) is 0 Å². The lowest BCUT2D eigenvalue weighted by molar-refractivity contribution is 1.30. The van der Waals surface area contributed by atoms with Crippen LogP contribution in [-0.2, 0) is 0 Å². The van der Waals surface area contributed by atoms with Gasteiger partial charge in [0.15, 0.2) is 0 Å². The standard InChI is InChI=1S/C47H29N5/c1-2-5-31(6-3-1)40-24-20-35-14-15-36-21-25-41(52-47(36)46(35)51-40)32-10-8-30(9-11-32)37-16-12-33-18-22-42(49-44(33)27-37)38-17-13-34-19-23-43(50-45(34)28-38)39-7-4-26-48-29-39/h1-29H. The minimum atomic E-state index is 0.902. The van der Waals surface area contributed by atoms with E-state index in [1.807, 2.05) is 42.6 Å². The molecule has 0 radical (unpaired) electrons. The Kier molecular flexibility index (Phi) is 7.07. The first kappa shape index (κ1) is 29.8. The maximum absolute atomic E-state index is 5.15. The fourth-order valence-corrected chi connectivity index (χ4v) is 6.94. The van der Waals surface area contributed by atoms with Gasteiger partial charge in [-0.2, -0.15) is 0 Å². The zero-order valence-electron chi connectivity index (χ0n) is 28.0. The van der Waals surface area contributed by atoms with Gasteiger partial charge < -0.3 is 0 Å². The van der Waals surface area contributed by atoms with E-state index in [2.05, 4.69) is 132 Å². The molecular formula is C47H29N5. The van der Waals surface area contributed by atoms with E-state index in [9.17, 15) is 0 Å². The molecule has 52 heavy (non-hydrogen) atoms. The van der Waals surface area contributed by atoms with Crippen molar-refractivity contribution in [1.82, 2.24) is 24.9 Å². The van der Waals surface area contributed by atoms with Crippen molar-refractivity contribution in [3.63, 3.8) is 0 Å². The minimum absolute atomic E-state index is 0.902. The zero-order chi connectivity index (χ0) is 34.4. The van der Waals surface area contributed by atoms with Gasteiger partial charge in [-0.05, 0) is 59.7 Å². The van der Waals surface area contributed by atoms with Crippen LogP contribution in [0.15, 0.2) is 176 Å². The Morgan fingerprint density at radius 2 is 0.731 bits per heavy atom. The van der Waals surface area contributed by atoms with Crippen LogP contribution in [0.5, 0.6) is 0 Å². The van der Waals surface area contributed by atoms with Crippen LogP contribution in [0.3, 0.4) is 0 Å². The highest BCUT2D eigenvalue weighted by atomic mass is 14.8. The lowest BCUT2D eigenvalue weighted by Gasteiger charge is -2.10. The average molecular weight is 664 g/mol. The van der Waals surface area contributed by atoms with Crippen molar-refractivity contribution >= 4 is 43.6 Å². The lowest BCUT2D eigenvalue weighted by Crippen LogP contribution is -1.91. The van der Waals surface area contributed by atoms with Crippen LogP contribution in [0, 0.1) is 0 Å². The summed E-state index contributed by atoms with van der Waals surface area (Å²) in [7, 11) is 0. The van der Waals surface area contributed by atoms with Crippen LogP contribution in [0.1, 0.15) is 0 Å². The topological polar surface area (TPSA) is 64.5 Å². The Labute approximate surface area is 300 Å². The number of fused-ring (bicyclic) bond motifs is 5. The SMILES string of the molecule is c1ccc(-c2ccc3ccc4ccc(-c5ccc(-c6ccc7ccc(-c8ccc9ccc(-c%10cccnc%10)nc9c8)nc7c6)cc5)nc4c3n2)cc1. The van der Waals surface area contributed by atoms with Gasteiger partial charge in [0.1, 0.15) is 0 Å². The van der Waals surface area contributed by atoms with Crippen LogP contribution in [0.2, 0.25) is 0 Å². The summed E-state index contributed by atoms with van der Waals surface area (Å²) < 4.78 is 0. The molecule has 0 amide bonds. The number of hydrogen-bond acceptors (Lipinski definition) is 5. The largest absolute Gasteiger partial charge is 0.264 e. The Balaban J connectivity index is 0.965. The molecule has 0 aliphatic heterocycles. The Bertz CT molecular complexity index is 2940. The van der Waals surface area contributed by atoms with E-state index < -0.39 is 0 Å². The molecule has 0 unspecified atom stereocenters. The number of rotatable bonds is 5. The molecule has 0 aliphatic carbocycles. The third-order valence-corrected chi connectivity index (χ3v) is 9.74. The van der Waals surface area contributed by atoms with Crippen molar-refractivity contribution in [2.75, 3.05) is 0 Å². The maximum atomic E-state index is 5.15. The van der Waals surface area contributed by atoms with Crippen molar-refractivity contribution in [3.8, 4) is 56.2 Å². The van der Waals surface area contributed by atoms with E-state index in [-0.39, 0.29) is 0 Å². The van der Waals surface area contributed by atoms with Crippen LogP contribution < -0.4 is 0 Å². The summed E-state index contributed by atoms with van der Waals surface area (Å²) in [5.41, 5.74) is 13.8. The first-order valence-electron chi connectivity index (χ1n) is 17.3. The molecule has 5 heteroatoms. The minimum Gasteiger partial charge on any atom is -0.264 e. The van der Waals surface area contributed by atoms with Gasteiger partial charge in [0, 0.05) is 56.2 Å². The first-order valence-corrected chi connectivity index (χ1v) is 17.3. The molecule has 0 aliphatic rings. The van der Waals surface area contributed by atoms with Crippen LogP contribution in [-0.4, -0.2) is 24.9 Å². The molecule has 5 heterocycles. The molecule has 0 N–H and O–H groups in total. The summed E-state index contributed by atoms with van der Waals surface area (Å²) in [6.45, 7) is 0. The highest BCUT2D eigenvalue weighted by molar-refractivity contribution is 6.04. The summed E-state index contributed by atoms with van der Waals surface area (Å²) in [4.78, 5) is 24.5. The Morgan fingerprint density at radius 1 is 0.288 bits per heavy atom. The normalized spacial score (nSPS) is 11.5. The lowest BCUT2D eigenvalue weighted by atomic mass is 10.00. The molecule has 10 aromatic rings. The first-order chi connectivity index (χ1) is 25.7. The second kappa shape index (κ2) is 12.3. The smallest absolute Gasteiger partial charge is 0.0972 e. The van der Waals surface area contributed by atoms with Gasteiger partial charge in [-0.1, -0.05) is 115 Å². The molecule has 0 saturated heterocycles. The van der Waals surface area contributed by atoms with E-state index in [0.717, 1.165) is 99.8 Å². The molecule has 0 atom stereocenters. The molecule has 5 nitrogen and oxygen atoms in total. The number of hydrogen-bond donors (Lipinski definition) is 0. The summed E-state index contributed by atoms with van der Waals surface area (Å²) in [5.74, 6) is 0. The summed E-state index contributed by atoms with van der Waals surface area (Å²) in [6, 6.07) is 56.7. The Morgan fingerprint density at radius 3 is 1.35 bits per heavy atom. The monoisotopic (exact) mass is 663 g/mol. The highest BCUT2D eigenvalue weighted by Gasteiger charge is 2.11. The maximum Gasteiger partial charge on any atom is 0.0972 e. The Hall–Kier alpha value is -7.11. The fourth-order valence-electron chi connectivity index (χ4n) is 6.94. The van der Waals surface area contributed by atoms with Crippen molar-refractivity contribution in [2.45, 2.75) is 0 Å². The van der Waals surface area contributed by atoms with Gasteiger partial charge in [-0.25, -0.2) is 19.9 Å². The highest BCUT2D eigenvalue weighted by Crippen LogP contribution is 2.32. The van der Waals surface area contributed by atoms with Gasteiger partial charge >= 0.3 is 0 Å². The van der Waals surface area contributed by atoms with Gasteiger partial charge in [-0.3, -0.25) is 4.98 Å². The summed E-state index contributed by atoms with van der Waals surface area (Å²) in [5, 5.41) is 4.33. The fraction of sp³-hybridized carbons (Fsp3) is 0. The molecule has 0 saturated carbocycles. The van der Waals surface area contributed by atoms with Crippen LogP contribution >= 0.6 is 0 Å². The summed E-state index contributed by atoms with van der Waals surface area (Å²) >= 11 is 0. The molecule has 0 bridgehead atoms. The van der Waals surface area contributed by atoms with Gasteiger partial charge in [0.2, 0.25) is 0 Å². The van der Waals surface area contributed by atoms with Gasteiger partial charge in [-0.15, -0.1) is 0 Å². The van der Waals surface area contributed by atoms with Crippen molar-refractivity contribution in [2.24, 2.45) is 0 Å². The number of pyridine rings is 5. The average Bonchev–Trinajstić information content (AvgIpc) is 3.23. The number of benzene rings is 5. The quantitative estimate of drug-likeness (QED) is 0.171. The van der Waals surface area contributed by atoms with Crippen molar-refractivity contribution in [1.29, 1.82) is 0 Å². The van der Waals surface area contributed by atoms with Crippen molar-refractivity contribution in [3.05, 3.63) is 176 Å². The number of nitrogens with zero attached hydrogens (tertiary/aromatic N) is 5. The number of aromatic nitrogens is 5. The predicted molar refractivity (Wildman–Crippen MR) is 213 cm³/mol. The molecule has 5 aromatic carbocycles. The van der Waals surface area contributed by atoms with Crippen molar-refractivity contribution < 1.29 is 0 Å². The van der Waals surface area contributed by atoms with E-state index in [0.29, 0.717) is 0 Å². The van der Waals surface area contributed by atoms with Gasteiger partial charge in [0.05, 0.1) is 44.8 Å². The third kappa shape index (κ3) is 5.42. The predicted octanol–water partition coefficient (Wildman–Crippen LogP) is 11.6. The molecule has 10 rings (SSSR count). The van der Waals surface area contributed by atoms with Gasteiger partial charge in [0.25, 0.3) is 0 Å². The zero-order valence-corrected chi connectivity index (χ0v) is 28.0. The van der Waals surface area contributed by atoms with Crippen LogP contribution in [0.25, 0.3) is 99.8 Å². The molecule has 242 valence electrons. The summed E-state index contributed by atoms with van der Waals surface area (Å²) in [6.07, 6.45) is 3.62. The molecule has 5 aromatic heterocycles. The van der Waals surface area contributed by atoms with E-state index in [1.165, 1.54) is 0 Å². The molecular weight excluding hydrogens is 635 g/mol. The second-order valence-corrected chi connectivity index (χ2v) is 13.0. The third-order valence-electron chi connectivity index (χ3n) is 9.74. The second-order valence-electron chi connectivity index (χ2n) is 13.0.